The highest BCUT2D eigenvalue weighted by molar-refractivity contribution is 5.67. The van der Waals surface area contributed by atoms with Gasteiger partial charge in [-0.2, -0.15) is 0 Å². The van der Waals surface area contributed by atoms with Gasteiger partial charge in [0, 0.05) is 12.5 Å². The molecular weight excluding hydrogens is 310 g/mol. The van der Waals surface area contributed by atoms with Crippen LogP contribution in [0.25, 0.3) is 0 Å². The van der Waals surface area contributed by atoms with Gasteiger partial charge in [-0.05, 0) is 59.2 Å². The topological polar surface area (TPSA) is 49.3 Å². The molecule has 0 spiro atoms. The second-order valence-corrected chi connectivity index (χ2v) is 9.76. The third-order valence-electron chi connectivity index (χ3n) is 5.27. The lowest BCUT2D eigenvalue weighted by molar-refractivity contribution is -0.138. The van der Waals surface area contributed by atoms with Crippen molar-refractivity contribution >= 4 is 5.97 Å². The minimum absolute atomic E-state index is 0.127. The van der Waals surface area contributed by atoms with Gasteiger partial charge < -0.3 is 10.4 Å². The molecule has 0 bridgehead atoms. The Labute approximate surface area is 153 Å². The number of carbonyl (C=O) groups is 1. The SMILES string of the molecule is CC(C)(C)c1cc(CC2CC(CC(=O)O)CCN2)cc(C(C)(C)C)c1. The first kappa shape index (κ1) is 20.0. The molecule has 0 saturated carbocycles. The van der Waals surface area contributed by atoms with Crippen molar-refractivity contribution in [3.05, 3.63) is 34.9 Å². The lowest BCUT2D eigenvalue weighted by Crippen LogP contribution is -2.40. The number of aliphatic carboxylic acids is 1. The van der Waals surface area contributed by atoms with Gasteiger partial charge in [0.1, 0.15) is 0 Å². The van der Waals surface area contributed by atoms with Gasteiger partial charge in [0.15, 0.2) is 0 Å². The van der Waals surface area contributed by atoms with Crippen molar-refractivity contribution in [2.45, 2.75) is 84.1 Å². The maximum Gasteiger partial charge on any atom is 0.303 e. The molecule has 140 valence electrons. The van der Waals surface area contributed by atoms with Gasteiger partial charge in [0.05, 0.1) is 0 Å². The fraction of sp³-hybridized carbons (Fsp3) is 0.682. The Hall–Kier alpha value is -1.35. The molecule has 2 unspecified atom stereocenters. The summed E-state index contributed by atoms with van der Waals surface area (Å²) in [5, 5.41) is 12.7. The van der Waals surface area contributed by atoms with E-state index in [-0.39, 0.29) is 10.8 Å². The summed E-state index contributed by atoms with van der Waals surface area (Å²) < 4.78 is 0. The average Bonchev–Trinajstić information content (AvgIpc) is 2.44. The fourth-order valence-corrected chi connectivity index (χ4v) is 3.64. The monoisotopic (exact) mass is 345 g/mol. The van der Waals surface area contributed by atoms with E-state index >= 15 is 0 Å². The molecule has 2 N–H and O–H groups in total. The van der Waals surface area contributed by atoms with Crippen molar-refractivity contribution < 1.29 is 9.90 Å². The Balaban J connectivity index is 2.22. The second kappa shape index (κ2) is 7.49. The maximum atomic E-state index is 11.0. The first-order chi connectivity index (χ1) is 11.4. The largest absolute Gasteiger partial charge is 0.481 e. The molecule has 0 radical (unpaired) electrons. The number of rotatable bonds is 4. The maximum absolute atomic E-state index is 11.0. The van der Waals surface area contributed by atoms with Gasteiger partial charge in [0.25, 0.3) is 0 Å². The zero-order chi connectivity index (χ0) is 18.8. The molecule has 25 heavy (non-hydrogen) atoms. The molecule has 1 fully saturated rings. The fourth-order valence-electron chi connectivity index (χ4n) is 3.64. The van der Waals surface area contributed by atoms with Crippen LogP contribution in [-0.4, -0.2) is 23.7 Å². The Kier molecular flexibility index (Phi) is 5.98. The number of benzene rings is 1. The zero-order valence-corrected chi connectivity index (χ0v) is 16.8. The van der Waals surface area contributed by atoms with E-state index in [9.17, 15) is 4.79 Å². The molecule has 1 aromatic carbocycles. The highest BCUT2D eigenvalue weighted by atomic mass is 16.4. The minimum Gasteiger partial charge on any atom is -0.481 e. The van der Waals surface area contributed by atoms with Crippen molar-refractivity contribution in [1.29, 1.82) is 0 Å². The van der Waals surface area contributed by atoms with Gasteiger partial charge in [0.2, 0.25) is 0 Å². The number of carboxylic acids is 1. The minimum atomic E-state index is -0.671. The summed E-state index contributed by atoms with van der Waals surface area (Å²) in [5.41, 5.74) is 4.38. The zero-order valence-electron chi connectivity index (χ0n) is 16.8. The van der Waals surface area contributed by atoms with Crippen molar-refractivity contribution in [2.75, 3.05) is 6.54 Å². The number of hydrogen-bond acceptors (Lipinski definition) is 2. The van der Waals surface area contributed by atoms with E-state index in [1.165, 1.54) is 16.7 Å². The summed E-state index contributed by atoms with van der Waals surface area (Å²) in [4.78, 5) is 11.0. The Bertz CT molecular complexity index is 575. The average molecular weight is 346 g/mol. The first-order valence-corrected chi connectivity index (χ1v) is 9.55. The van der Waals surface area contributed by atoms with E-state index in [1.54, 1.807) is 0 Å². The first-order valence-electron chi connectivity index (χ1n) is 9.55. The molecule has 1 aliphatic rings. The van der Waals surface area contributed by atoms with Crippen molar-refractivity contribution in [3.8, 4) is 0 Å². The van der Waals surface area contributed by atoms with Crippen LogP contribution in [0.3, 0.4) is 0 Å². The molecule has 0 aromatic heterocycles. The smallest absolute Gasteiger partial charge is 0.303 e. The quantitative estimate of drug-likeness (QED) is 0.834. The van der Waals surface area contributed by atoms with Gasteiger partial charge in [-0.1, -0.05) is 59.7 Å². The number of hydrogen-bond donors (Lipinski definition) is 2. The van der Waals surface area contributed by atoms with Gasteiger partial charge in [-0.15, -0.1) is 0 Å². The van der Waals surface area contributed by atoms with Gasteiger partial charge in [-0.25, -0.2) is 0 Å². The lowest BCUT2D eigenvalue weighted by atomic mass is 9.78. The third-order valence-corrected chi connectivity index (χ3v) is 5.27. The summed E-state index contributed by atoms with van der Waals surface area (Å²) in [6.07, 6.45) is 3.20. The van der Waals surface area contributed by atoms with Crippen LogP contribution in [0.2, 0.25) is 0 Å². The predicted molar refractivity (Wildman–Crippen MR) is 104 cm³/mol. The Morgan fingerprint density at radius 3 is 2.12 bits per heavy atom. The highest BCUT2D eigenvalue weighted by Gasteiger charge is 2.25. The molecular formula is C22H35NO2. The van der Waals surface area contributed by atoms with Crippen molar-refractivity contribution in [2.24, 2.45) is 5.92 Å². The summed E-state index contributed by atoms with van der Waals surface area (Å²) >= 11 is 0. The van der Waals surface area contributed by atoms with Crippen molar-refractivity contribution in [3.63, 3.8) is 0 Å². The summed E-state index contributed by atoms with van der Waals surface area (Å²) in [5.74, 6) is -0.368. The molecule has 1 heterocycles. The molecule has 3 nitrogen and oxygen atoms in total. The Morgan fingerprint density at radius 1 is 1.08 bits per heavy atom. The van der Waals surface area contributed by atoms with E-state index in [0.717, 1.165) is 25.8 Å². The number of nitrogens with one attached hydrogen (secondary N) is 1. The molecule has 3 heteroatoms. The van der Waals surface area contributed by atoms with Crippen LogP contribution in [0.1, 0.15) is 77.5 Å². The number of piperidine rings is 1. The summed E-state index contributed by atoms with van der Waals surface area (Å²) in [6.45, 7) is 14.5. The van der Waals surface area contributed by atoms with Crippen LogP contribution in [0.4, 0.5) is 0 Å². The Morgan fingerprint density at radius 2 is 1.64 bits per heavy atom. The molecule has 1 aliphatic heterocycles. The van der Waals surface area contributed by atoms with E-state index < -0.39 is 5.97 Å². The highest BCUT2D eigenvalue weighted by Crippen LogP contribution is 2.31. The molecule has 0 aliphatic carbocycles. The van der Waals surface area contributed by atoms with Crippen LogP contribution in [0.5, 0.6) is 0 Å². The van der Waals surface area contributed by atoms with E-state index in [4.69, 9.17) is 5.11 Å². The standard InChI is InChI=1S/C22H35NO2/c1-21(2,3)17-9-16(10-18(14-17)22(4,5)6)12-19-11-15(7-8-23-19)13-20(24)25/h9-10,14-15,19,23H,7-8,11-13H2,1-6H3,(H,24,25). The van der Waals surface area contributed by atoms with E-state index in [2.05, 4.69) is 65.1 Å². The molecule has 1 saturated heterocycles. The van der Waals surface area contributed by atoms with Crippen LogP contribution in [0.15, 0.2) is 18.2 Å². The van der Waals surface area contributed by atoms with Gasteiger partial charge in [-0.3, -0.25) is 4.79 Å². The second-order valence-electron chi connectivity index (χ2n) is 9.76. The van der Waals surface area contributed by atoms with Crippen molar-refractivity contribution in [1.82, 2.24) is 5.32 Å². The third kappa shape index (κ3) is 5.85. The van der Waals surface area contributed by atoms with Crippen LogP contribution in [0, 0.1) is 5.92 Å². The lowest BCUT2D eigenvalue weighted by Gasteiger charge is -2.31. The van der Waals surface area contributed by atoms with Crippen LogP contribution < -0.4 is 5.32 Å². The van der Waals surface area contributed by atoms with E-state index in [0.29, 0.717) is 18.4 Å². The summed E-state index contributed by atoms with van der Waals surface area (Å²) in [6, 6.07) is 7.42. The van der Waals surface area contributed by atoms with E-state index in [1.807, 2.05) is 0 Å². The predicted octanol–water partition coefficient (Wildman–Crippen LogP) is 4.67. The molecule has 2 rings (SSSR count). The molecule has 2 atom stereocenters. The van der Waals surface area contributed by atoms with Crippen LogP contribution in [-0.2, 0) is 22.0 Å². The molecule has 0 amide bonds. The number of carboxylic acid groups (broad SMARTS) is 1. The van der Waals surface area contributed by atoms with Crippen LogP contribution >= 0.6 is 0 Å². The van der Waals surface area contributed by atoms with Gasteiger partial charge >= 0.3 is 5.97 Å². The normalized spacial score (nSPS) is 22.0. The summed E-state index contributed by atoms with van der Waals surface area (Å²) in [7, 11) is 0. The molecule has 1 aromatic rings.